The van der Waals surface area contributed by atoms with E-state index in [1.807, 2.05) is 17.0 Å². The highest BCUT2D eigenvalue weighted by molar-refractivity contribution is 5.78. The Labute approximate surface area is 108 Å². The second-order valence-electron chi connectivity index (χ2n) is 4.96. The first-order valence-electron chi connectivity index (χ1n) is 6.66. The molecule has 1 atom stereocenters. The van der Waals surface area contributed by atoms with Crippen LogP contribution in [0.2, 0.25) is 0 Å². The van der Waals surface area contributed by atoms with E-state index in [1.54, 1.807) is 12.4 Å². The molecule has 0 bridgehead atoms. The molecule has 4 heteroatoms. The van der Waals surface area contributed by atoms with E-state index in [1.165, 1.54) is 6.42 Å². The van der Waals surface area contributed by atoms with Crippen LogP contribution < -0.4 is 5.73 Å². The number of piperidine rings is 1. The quantitative estimate of drug-likeness (QED) is 0.870. The van der Waals surface area contributed by atoms with Crippen LogP contribution in [-0.2, 0) is 11.2 Å². The largest absolute Gasteiger partial charge is 0.342 e. The Morgan fingerprint density at radius 2 is 2.44 bits per heavy atom. The molecule has 0 aromatic carbocycles. The van der Waals surface area contributed by atoms with Crippen molar-refractivity contribution in [2.75, 3.05) is 19.6 Å². The van der Waals surface area contributed by atoms with Crippen LogP contribution in [0.3, 0.4) is 0 Å². The van der Waals surface area contributed by atoms with Gasteiger partial charge in [-0.05, 0) is 43.4 Å². The van der Waals surface area contributed by atoms with Gasteiger partial charge in [0.15, 0.2) is 0 Å². The average molecular weight is 247 g/mol. The Hall–Kier alpha value is -1.42. The number of nitrogens with zero attached hydrogens (tertiary/aromatic N) is 2. The summed E-state index contributed by atoms with van der Waals surface area (Å²) in [6, 6.07) is 3.82. The first-order valence-corrected chi connectivity index (χ1v) is 6.66. The van der Waals surface area contributed by atoms with Crippen molar-refractivity contribution in [3.05, 3.63) is 30.1 Å². The fourth-order valence-electron chi connectivity index (χ4n) is 2.55. The maximum Gasteiger partial charge on any atom is 0.227 e. The fourth-order valence-corrected chi connectivity index (χ4v) is 2.55. The van der Waals surface area contributed by atoms with Crippen LogP contribution >= 0.6 is 0 Å². The van der Waals surface area contributed by atoms with Crippen molar-refractivity contribution in [3.8, 4) is 0 Å². The summed E-state index contributed by atoms with van der Waals surface area (Å²) in [5.74, 6) is 0.798. The Bertz CT molecular complexity index is 378. The van der Waals surface area contributed by atoms with Crippen molar-refractivity contribution in [1.82, 2.24) is 9.88 Å². The number of aromatic nitrogens is 1. The Morgan fingerprint density at radius 3 is 3.17 bits per heavy atom. The van der Waals surface area contributed by atoms with Gasteiger partial charge in [0, 0.05) is 25.5 Å². The van der Waals surface area contributed by atoms with Gasteiger partial charge in [0.25, 0.3) is 0 Å². The summed E-state index contributed by atoms with van der Waals surface area (Å²) >= 11 is 0. The van der Waals surface area contributed by atoms with Crippen molar-refractivity contribution in [1.29, 1.82) is 0 Å². The van der Waals surface area contributed by atoms with Crippen LogP contribution in [0, 0.1) is 5.92 Å². The lowest BCUT2D eigenvalue weighted by atomic mass is 9.94. The summed E-state index contributed by atoms with van der Waals surface area (Å²) in [6.07, 6.45) is 7.28. The Morgan fingerprint density at radius 1 is 1.56 bits per heavy atom. The molecule has 4 nitrogen and oxygen atoms in total. The van der Waals surface area contributed by atoms with Crippen LogP contribution in [0.15, 0.2) is 24.5 Å². The van der Waals surface area contributed by atoms with Crippen LogP contribution in [0.25, 0.3) is 0 Å². The first kappa shape index (κ1) is 13.0. The molecule has 1 aromatic heterocycles. The smallest absolute Gasteiger partial charge is 0.227 e. The summed E-state index contributed by atoms with van der Waals surface area (Å²) < 4.78 is 0. The molecule has 1 amide bonds. The van der Waals surface area contributed by atoms with Crippen molar-refractivity contribution >= 4 is 5.91 Å². The Kier molecular flexibility index (Phi) is 4.70. The maximum atomic E-state index is 12.2. The molecule has 2 rings (SSSR count). The number of likely N-dealkylation sites (tertiary alicyclic amines) is 1. The van der Waals surface area contributed by atoms with Crippen molar-refractivity contribution in [2.24, 2.45) is 11.7 Å². The van der Waals surface area contributed by atoms with Crippen LogP contribution in [0.4, 0.5) is 0 Å². The summed E-state index contributed by atoms with van der Waals surface area (Å²) in [5, 5.41) is 0. The van der Waals surface area contributed by atoms with E-state index in [9.17, 15) is 4.79 Å². The second-order valence-corrected chi connectivity index (χ2v) is 4.96. The van der Waals surface area contributed by atoms with E-state index in [0.717, 1.165) is 38.0 Å². The van der Waals surface area contributed by atoms with Crippen LogP contribution in [0.5, 0.6) is 0 Å². The Balaban J connectivity index is 1.88. The predicted octanol–water partition coefficient (Wildman–Crippen LogP) is 1.21. The van der Waals surface area contributed by atoms with Crippen molar-refractivity contribution in [2.45, 2.75) is 25.7 Å². The molecule has 98 valence electrons. The van der Waals surface area contributed by atoms with Gasteiger partial charge >= 0.3 is 0 Å². The van der Waals surface area contributed by atoms with Gasteiger partial charge in [0.2, 0.25) is 5.91 Å². The summed E-state index contributed by atoms with van der Waals surface area (Å²) in [6.45, 7) is 2.48. The second kappa shape index (κ2) is 6.50. The molecular weight excluding hydrogens is 226 g/mol. The lowest BCUT2D eigenvalue weighted by molar-refractivity contribution is -0.132. The molecule has 1 aromatic rings. The minimum absolute atomic E-state index is 0.213. The molecule has 1 unspecified atom stereocenters. The number of carbonyl (C=O) groups is 1. The zero-order chi connectivity index (χ0) is 12.8. The van der Waals surface area contributed by atoms with Crippen molar-refractivity contribution < 1.29 is 4.79 Å². The molecule has 0 saturated carbocycles. The van der Waals surface area contributed by atoms with Gasteiger partial charge in [-0.25, -0.2) is 0 Å². The maximum absolute atomic E-state index is 12.2. The first-order chi connectivity index (χ1) is 8.79. The molecule has 0 radical (unpaired) electrons. The van der Waals surface area contributed by atoms with E-state index in [2.05, 4.69) is 4.98 Å². The molecule has 1 saturated heterocycles. The minimum Gasteiger partial charge on any atom is -0.342 e. The van der Waals surface area contributed by atoms with E-state index >= 15 is 0 Å². The number of pyridine rings is 1. The third-order valence-electron chi connectivity index (χ3n) is 3.52. The molecule has 1 aliphatic rings. The normalized spacial score (nSPS) is 19.8. The number of rotatable bonds is 4. The third-order valence-corrected chi connectivity index (χ3v) is 3.52. The third kappa shape index (κ3) is 3.53. The average Bonchev–Trinajstić information content (AvgIpc) is 2.40. The molecule has 2 heterocycles. The summed E-state index contributed by atoms with van der Waals surface area (Å²) in [4.78, 5) is 18.2. The molecule has 1 aliphatic heterocycles. The van der Waals surface area contributed by atoms with Gasteiger partial charge in [0.05, 0.1) is 6.42 Å². The van der Waals surface area contributed by atoms with E-state index in [-0.39, 0.29) is 5.91 Å². The van der Waals surface area contributed by atoms with Crippen LogP contribution in [-0.4, -0.2) is 35.4 Å². The van der Waals surface area contributed by atoms with Gasteiger partial charge in [-0.3, -0.25) is 9.78 Å². The molecule has 2 N–H and O–H groups in total. The zero-order valence-electron chi connectivity index (χ0n) is 10.7. The molecule has 18 heavy (non-hydrogen) atoms. The topological polar surface area (TPSA) is 59.2 Å². The minimum atomic E-state index is 0.213. The number of carbonyl (C=O) groups excluding carboxylic acids is 1. The highest BCUT2D eigenvalue weighted by Crippen LogP contribution is 2.19. The zero-order valence-corrected chi connectivity index (χ0v) is 10.7. The van der Waals surface area contributed by atoms with Crippen molar-refractivity contribution in [3.63, 3.8) is 0 Å². The molecule has 0 spiro atoms. The van der Waals surface area contributed by atoms with Gasteiger partial charge in [-0.1, -0.05) is 6.07 Å². The van der Waals surface area contributed by atoms with E-state index < -0.39 is 0 Å². The van der Waals surface area contributed by atoms with Crippen LogP contribution in [0.1, 0.15) is 24.8 Å². The van der Waals surface area contributed by atoms with Gasteiger partial charge in [0.1, 0.15) is 0 Å². The fraction of sp³-hybridized carbons (Fsp3) is 0.571. The van der Waals surface area contributed by atoms with Gasteiger partial charge in [-0.15, -0.1) is 0 Å². The number of hydrogen-bond acceptors (Lipinski definition) is 3. The standard InChI is InChI=1S/C14H21N3O/c15-6-5-12-4-2-8-17(11-12)14(18)9-13-3-1-7-16-10-13/h1,3,7,10,12H,2,4-6,8-9,11,15H2. The highest BCUT2D eigenvalue weighted by atomic mass is 16.2. The number of nitrogens with two attached hydrogens (primary N) is 1. The van der Waals surface area contributed by atoms with E-state index in [0.29, 0.717) is 12.3 Å². The number of amides is 1. The summed E-state index contributed by atoms with van der Waals surface area (Å²) in [7, 11) is 0. The van der Waals surface area contributed by atoms with Gasteiger partial charge in [-0.2, -0.15) is 0 Å². The molecule has 1 fully saturated rings. The highest BCUT2D eigenvalue weighted by Gasteiger charge is 2.22. The molecular formula is C14H21N3O. The molecule has 0 aliphatic carbocycles. The summed E-state index contributed by atoms with van der Waals surface area (Å²) in [5.41, 5.74) is 6.58. The SMILES string of the molecule is NCCC1CCCN(C(=O)Cc2cccnc2)C1. The van der Waals surface area contributed by atoms with Gasteiger partial charge < -0.3 is 10.6 Å². The predicted molar refractivity (Wildman–Crippen MR) is 70.9 cm³/mol. The number of hydrogen-bond donors (Lipinski definition) is 1. The monoisotopic (exact) mass is 247 g/mol. The lowest BCUT2D eigenvalue weighted by Gasteiger charge is -2.32. The lowest BCUT2D eigenvalue weighted by Crippen LogP contribution is -2.41. The van der Waals surface area contributed by atoms with E-state index in [4.69, 9.17) is 5.73 Å².